The standard InChI is InChI=1S/C15H19N3O2.ClH/c16-12-1-4-15(20)11(7-12)9-18-13-2-3-14(17)10(8-13)5-6-19;/h1-4,7-8,18-20H,5-6,9,16-17H2;1H. The van der Waals surface area contributed by atoms with Crippen molar-refractivity contribution in [1.82, 2.24) is 0 Å². The molecule has 0 aliphatic carbocycles. The Morgan fingerprint density at radius 2 is 1.76 bits per heavy atom. The molecule has 0 saturated heterocycles. The van der Waals surface area contributed by atoms with Crippen molar-refractivity contribution in [3.8, 4) is 5.75 Å². The maximum atomic E-state index is 9.75. The molecule has 0 unspecified atom stereocenters. The van der Waals surface area contributed by atoms with Gasteiger partial charge in [-0.25, -0.2) is 0 Å². The van der Waals surface area contributed by atoms with Crippen molar-refractivity contribution < 1.29 is 10.2 Å². The second-order valence-corrected chi connectivity index (χ2v) is 4.63. The van der Waals surface area contributed by atoms with Crippen molar-refractivity contribution in [3.63, 3.8) is 0 Å². The fourth-order valence-corrected chi connectivity index (χ4v) is 2.00. The number of phenolic OH excluding ortho intramolecular Hbond substituents is 1. The number of aromatic hydroxyl groups is 1. The fraction of sp³-hybridized carbons (Fsp3) is 0.200. The van der Waals surface area contributed by atoms with E-state index in [9.17, 15) is 5.11 Å². The largest absolute Gasteiger partial charge is 0.508 e. The predicted octanol–water partition coefficient (Wildman–Crippen LogP) is 2.13. The molecule has 0 fully saturated rings. The summed E-state index contributed by atoms with van der Waals surface area (Å²) in [6.07, 6.45) is 0.519. The van der Waals surface area contributed by atoms with E-state index in [-0.39, 0.29) is 24.8 Å². The molecule has 0 amide bonds. The Kier molecular flexibility index (Phi) is 6.14. The van der Waals surface area contributed by atoms with E-state index in [4.69, 9.17) is 16.6 Å². The Bertz CT molecular complexity index is 605. The van der Waals surface area contributed by atoms with Gasteiger partial charge in [-0.1, -0.05) is 0 Å². The SMILES string of the molecule is Cl.Nc1ccc(O)c(CNc2ccc(N)c(CCO)c2)c1. The van der Waals surface area contributed by atoms with Crippen LogP contribution in [0.2, 0.25) is 0 Å². The lowest BCUT2D eigenvalue weighted by Crippen LogP contribution is -2.03. The van der Waals surface area contributed by atoms with Gasteiger partial charge >= 0.3 is 0 Å². The van der Waals surface area contributed by atoms with Gasteiger partial charge in [-0.05, 0) is 48.4 Å². The molecule has 0 bridgehead atoms. The monoisotopic (exact) mass is 309 g/mol. The van der Waals surface area contributed by atoms with Gasteiger partial charge in [0.15, 0.2) is 0 Å². The first kappa shape index (κ1) is 16.9. The fourth-order valence-electron chi connectivity index (χ4n) is 2.00. The number of aliphatic hydroxyl groups is 1. The zero-order valence-corrected chi connectivity index (χ0v) is 12.4. The summed E-state index contributed by atoms with van der Waals surface area (Å²) in [4.78, 5) is 0. The lowest BCUT2D eigenvalue weighted by Gasteiger charge is -2.11. The van der Waals surface area contributed by atoms with E-state index in [2.05, 4.69) is 5.32 Å². The number of benzene rings is 2. The minimum Gasteiger partial charge on any atom is -0.508 e. The molecule has 2 aromatic carbocycles. The molecule has 0 spiro atoms. The summed E-state index contributed by atoms with van der Waals surface area (Å²) in [5, 5.41) is 21.9. The highest BCUT2D eigenvalue weighted by Gasteiger charge is 2.04. The molecule has 0 saturated carbocycles. The Labute approximate surface area is 130 Å². The van der Waals surface area contributed by atoms with E-state index in [0.717, 1.165) is 16.8 Å². The Hall–Kier alpha value is -2.11. The van der Waals surface area contributed by atoms with Crippen molar-refractivity contribution in [3.05, 3.63) is 47.5 Å². The normalized spacial score (nSPS) is 9.95. The van der Waals surface area contributed by atoms with Gasteiger partial charge in [0.1, 0.15) is 5.75 Å². The van der Waals surface area contributed by atoms with Gasteiger partial charge in [0.25, 0.3) is 0 Å². The van der Waals surface area contributed by atoms with Crippen molar-refractivity contribution >= 4 is 29.5 Å². The quantitative estimate of drug-likeness (QED) is 0.430. The molecule has 0 aromatic heterocycles. The van der Waals surface area contributed by atoms with Crippen LogP contribution in [-0.2, 0) is 13.0 Å². The van der Waals surface area contributed by atoms with Crippen molar-refractivity contribution in [2.24, 2.45) is 0 Å². The second-order valence-electron chi connectivity index (χ2n) is 4.63. The van der Waals surface area contributed by atoms with Crippen LogP contribution in [0.3, 0.4) is 0 Å². The number of nitrogen functional groups attached to an aromatic ring is 2. The van der Waals surface area contributed by atoms with Gasteiger partial charge in [-0.15, -0.1) is 12.4 Å². The highest BCUT2D eigenvalue weighted by atomic mass is 35.5. The number of hydrogen-bond acceptors (Lipinski definition) is 5. The highest BCUT2D eigenvalue weighted by molar-refractivity contribution is 5.85. The summed E-state index contributed by atoms with van der Waals surface area (Å²) >= 11 is 0. The van der Waals surface area contributed by atoms with Crippen LogP contribution in [0, 0.1) is 0 Å². The summed E-state index contributed by atoms with van der Waals surface area (Å²) in [5.41, 5.74) is 15.3. The second kappa shape index (κ2) is 7.61. The van der Waals surface area contributed by atoms with Crippen molar-refractivity contribution in [2.45, 2.75) is 13.0 Å². The smallest absolute Gasteiger partial charge is 0.120 e. The maximum absolute atomic E-state index is 9.75. The van der Waals surface area contributed by atoms with E-state index in [1.54, 1.807) is 24.3 Å². The van der Waals surface area contributed by atoms with E-state index in [0.29, 0.717) is 24.3 Å². The number of anilines is 3. The van der Waals surface area contributed by atoms with Crippen LogP contribution < -0.4 is 16.8 Å². The average Bonchev–Trinajstić information content (AvgIpc) is 2.43. The third-order valence-electron chi connectivity index (χ3n) is 3.11. The molecule has 0 heterocycles. The Morgan fingerprint density at radius 1 is 1.00 bits per heavy atom. The number of halogens is 1. The number of nitrogens with one attached hydrogen (secondary N) is 1. The molecule has 6 heteroatoms. The van der Waals surface area contributed by atoms with Crippen LogP contribution in [0.5, 0.6) is 5.75 Å². The molecule has 7 N–H and O–H groups in total. The molecule has 114 valence electrons. The van der Waals surface area contributed by atoms with Crippen LogP contribution in [0.1, 0.15) is 11.1 Å². The average molecular weight is 310 g/mol. The van der Waals surface area contributed by atoms with Crippen LogP contribution in [-0.4, -0.2) is 16.8 Å². The van der Waals surface area contributed by atoms with Gasteiger partial charge in [0.2, 0.25) is 0 Å². The molecule has 5 nitrogen and oxygen atoms in total. The minimum atomic E-state index is 0. The van der Waals surface area contributed by atoms with E-state index in [1.807, 2.05) is 12.1 Å². The molecule has 21 heavy (non-hydrogen) atoms. The highest BCUT2D eigenvalue weighted by Crippen LogP contribution is 2.23. The van der Waals surface area contributed by atoms with Gasteiger partial charge in [-0.3, -0.25) is 0 Å². The third kappa shape index (κ3) is 4.44. The molecular formula is C15H20ClN3O2. The van der Waals surface area contributed by atoms with E-state index in [1.165, 1.54) is 0 Å². The molecular weight excluding hydrogens is 290 g/mol. The lowest BCUT2D eigenvalue weighted by molar-refractivity contribution is 0.300. The van der Waals surface area contributed by atoms with E-state index >= 15 is 0 Å². The molecule has 2 rings (SSSR count). The summed E-state index contributed by atoms with van der Waals surface area (Å²) in [5.74, 6) is 0.206. The molecule has 0 atom stereocenters. The number of phenols is 1. The topological polar surface area (TPSA) is 105 Å². The first-order valence-electron chi connectivity index (χ1n) is 6.40. The lowest BCUT2D eigenvalue weighted by atomic mass is 10.1. The van der Waals surface area contributed by atoms with Gasteiger partial charge in [-0.2, -0.15) is 0 Å². The van der Waals surface area contributed by atoms with Crippen LogP contribution in [0.25, 0.3) is 0 Å². The van der Waals surface area contributed by atoms with Crippen LogP contribution in [0.15, 0.2) is 36.4 Å². The Balaban J connectivity index is 0.00000220. The first-order valence-corrected chi connectivity index (χ1v) is 6.40. The van der Waals surface area contributed by atoms with Crippen molar-refractivity contribution in [2.75, 3.05) is 23.4 Å². The van der Waals surface area contributed by atoms with E-state index < -0.39 is 0 Å². The molecule has 2 aromatic rings. The third-order valence-corrected chi connectivity index (χ3v) is 3.11. The van der Waals surface area contributed by atoms with Crippen molar-refractivity contribution in [1.29, 1.82) is 0 Å². The minimum absolute atomic E-state index is 0. The number of nitrogens with two attached hydrogens (primary N) is 2. The van der Waals surface area contributed by atoms with Crippen LogP contribution in [0.4, 0.5) is 17.1 Å². The molecule has 0 aliphatic rings. The van der Waals surface area contributed by atoms with Gasteiger partial charge in [0, 0.05) is 35.8 Å². The zero-order chi connectivity index (χ0) is 14.5. The van der Waals surface area contributed by atoms with Gasteiger partial charge < -0.3 is 27.0 Å². The van der Waals surface area contributed by atoms with Gasteiger partial charge in [0.05, 0.1) is 0 Å². The number of rotatable bonds is 5. The van der Waals surface area contributed by atoms with Crippen LogP contribution >= 0.6 is 12.4 Å². The summed E-state index contributed by atoms with van der Waals surface area (Å²) in [6, 6.07) is 10.5. The zero-order valence-electron chi connectivity index (χ0n) is 11.5. The summed E-state index contributed by atoms with van der Waals surface area (Å²) in [6.45, 7) is 0.517. The summed E-state index contributed by atoms with van der Waals surface area (Å²) < 4.78 is 0. The molecule has 0 aliphatic heterocycles. The number of aliphatic hydroxyl groups excluding tert-OH is 1. The Morgan fingerprint density at radius 3 is 2.48 bits per heavy atom. The summed E-state index contributed by atoms with van der Waals surface area (Å²) in [7, 11) is 0. The maximum Gasteiger partial charge on any atom is 0.120 e. The first-order chi connectivity index (χ1) is 9.60. The molecule has 0 radical (unpaired) electrons. The predicted molar refractivity (Wildman–Crippen MR) is 88.7 cm³/mol. The number of hydrogen-bond donors (Lipinski definition) is 5.